The molecule has 0 spiro atoms. The van der Waals surface area contributed by atoms with Crippen LogP contribution >= 0.6 is 0 Å². The molecule has 0 aromatic heterocycles. The molecule has 0 saturated carbocycles. The summed E-state index contributed by atoms with van der Waals surface area (Å²) in [6, 6.07) is 0. The number of hydrogen-bond acceptors (Lipinski definition) is 4. The Balaban J connectivity index is 4.65. The first kappa shape index (κ1) is 25.8. The van der Waals surface area contributed by atoms with Crippen LogP contribution in [0.4, 0.5) is 0 Å². The Labute approximate surface area is 168 Å². The maximum atomic E-state index is 12.4. The number of rotatable bonds is 10. The molecule has 0 aliphatic carbocycles. The van der Waals surface area contributed by atoms with Gasteiger partial charge in [-0.25, -0.2) is 4.79 Å². The molecule has 0 aliphatic heterocycles. The molecular formula is C21H36N2O5. The van der Waals surface area contributed by atoms with Gasteiger partial charge in [0.15, 0.2) is 0 Å². The third-order valence-electron chi connectivity index (χ3n) is 4.08. The van der Waals surface area contributed by atoms with Crippen molar-refractivity contribution in [3.8, 4) is 0 Å². The molecule has 0 aliphatic rings. The topological polar surface area (TPSA) is 113 Å². The van der Waals surface area contributed by atoms with Gasteiger partial charge in [-0.2, -0.15) is 0 Å². The van der Waals surface area contributed by atoms with E-state index in [1.54, 1.807) is 0 Å². The summed E-state index contributed by atoms with van der Waals surface area (Å²) in [5.74, 6) is -1.75. The van der Waals surface area contributed by atoms with Crippen molar-refractivity contribution in [2.24, 2.45) is 10.8 Å². The molecule has 0 saturated heterocycles. The third-order valence-corrected chi connectivity index (χ3v) is 4.08. The monoisotopic (exact) mass is 396 g/mol. The maximum absolute atomic E-state index is 12.4. The summed E-state index contributed by atoms with van der Waals surface area (Å²) in [6.45, 7) is 13.5. The number of hydrogen-bond donors (Lipinski definition) is 3. The van der Waals surface area contributed by atoms with Crippen LogP contribution in [0.1, 0.15) is 74.1 Å². The third kappa shape index (κ3) is 10.8. The predicted octanol–water partition coefficient (Wildman–Crippen LogP) is 2.84. The highest BCUT2D eigenvalue weighted by Crippen LogP contribution is 2.16. The minimum Gasteiger partial charge on any atom is -0.478 e. The molecule has 7 nitrogen and oxygen atoms in total. The molecule has 28 heavy (non-hydrogen) atoms. The quantitative estimate of drug-likeness (QED) is 0.388. The standard InChI is InChI=1S/C21H36N2O5/c1-14(18(26)27)16(17(25)23-13-20(2,3)4)11-10-15(24)9-8-12-22-19(28)21(5,6)7/h8-13H2,1-7H3,(H,22,28)(H,23,25)(H,26,27)/b16-14-. The van der Waals surface area contributed by atoms with E-state index in [1.165, 1.54) is 6.92 Å². The SMILES string of the molecule is C/C(C(=O)O)=C(\CCC(=O)CCCNC(=O)C(C)(C)C)C(=O)NCC(C)(C)C. The summed E-state index contributed by atoms with van der Waals surface area (Å²) >= 11 is 0. The van der Waals surface area contributed by atoms with Gasteiger partial charge in [0.05, 0.1) is 0 Å². The van der Waals surface area contributed by atoms with Crippen LogP contribution in [-0.2, 0) is 19.2 Å². The van der Waals surface area contributed by atoms with E-state index in [4.69, 9.17) is 0 Å². The zero-order chi connectivity index (χ0) is 22.1. The molecule has 0 fully saturated rings. The molecule has 7 heteroatoms. The fourth-order valence-electron chi connectivity index (χ4n) is 2.19. The summed E-state index contributed by atoms with van der Waals surface area (Å²) in [4.78, 5) is 47.5. The largest absolute Gasteiger partial charge is 0.478 e. The Morgan fingerprint density at radius 3 is 1.89 bits per heavy atom. The zero-order valence-electron chi connectivity index (χ0n) is 18.3. The van der Waals surface area contributed by atoms with Crippen molar-refractivity contribution < 1.29 is 24.3 Å². The Morgan fingerprint density at radius 1 is 0.857 bits per heavy atom. The number of carboxylic acids is 1. The minimum atomic E-state index is -1.17. The van der Waals surface area contributed by atoms with Crippen molar-refractivity contribution in [1.29, 1.82) is 0 Å². The van der Waals surface area contributed by atoms with Crippen LogP contribution in [0.15, 0.2) is 11.1 Å². The molecule has 0 heterocycles. The van der Waals surface area contributed by atoms with Gasteiger partial charge in [-0.15, -0.1) is 0 Å². The first-order valence-electron chi connectivity index (χ1n) is 9.66. The average Bonchev–Trinajstić information content (AvgIpc) is 2.54. The molecule has 0 atom stereocenters. The first-order valence-corrected chi connectivity index (χ1v) is 9.66. The predicted molar refractivity (Wildman–Crippen MR) is 109 cm³/mol. The van der Waals surface area contributed by atoms with Crippen LogP contribution in [0.3, 0.4) is 0 Å². The van der Waals surface area contributed by atoms with Gasteiger partial charge in [0.25, 0.3) is 0 Å². The van der Waals surface area contributed by atoms with Crippen LogP contribution < -0.4 is 10.6 Å². The molecular weight excluding hydrogens is 360 g/mol. The van der Waals surface area contributed by atoms with Gasteiger partial charge < -0.3 is 15.7 Å². The Bertz CT molecular complexity index is 622. The van der Waals surface area contributed by atoms with E-state index in [9.17, 15) is 24.3 Å². The van der Waals surface area contributed by atoms with Gasteiger partial charge in [0.1, 0.15) is 5.78 Å². The molecule has 0 aromatic rings. The Morgan fingerprint density at radius 2 is 1.43 bits per heavy atom. The van der Waals surface area contributed by atoms with Crippen LogP contribution in [0.2, 0.25) is 0 Å². The van der Waals surface area contributed by atoms with Gasteiger partial charge in [0.2, 0.25) is 11.8 Å². The second-order valence-electron chi connectivity index (χ2n) is 9.30. The van der Waals surface area contributed by atoms with Crippen molar-refractivity contribution in [3.05, 3.63) is 11.1 Å². The smallest absolute Gasteiger partial charge is 0.331 e. The maximum Gasteiger partial charge on any atom is 0.331 e. The highest BCUT2D eigenvalue weighted by Gasteiger charge is 2.21. The van der Waals surface area contributed by atoms with Crippen molar-refractivity contribution in [1.82, 2.24) is 10.6 Å². The van der Waals surface area contributed by atoms with Crippen molar-refractivity contribution >= 4 is 23.6 Å². The molecule has 2 amide bonds. The Kier molecular flexibility index (Phi) is 10.1. The lowest BCUT2D eigenvalue weighted by atomic mass is 9.95. The van der Waals surface area contributed by atoms with Crippen molar-refractivity contribution in [2.45, 2.75) is 74.1 Å². The number of carbonyl (C=O) groups excluding carboxylic acids is 3. The summed E-state index contributed by atoms with van der Waals surface area (Å²) in [6.07, 6.45) is 0.957. The average molecular weight is 397 g/mol. The minimum absolute atomic E-state index is 0.0448. The van der Waals surface area contributed by atoms with E-state index in [1.807, 2.05) is 41.5 Å². The number of Topliss-reactive ketones (excluding diaryl/α,β-unsaturated/α-hetero) is 1. The van der Waals surface area contributed by atoms with E-state index >= 15 is 0 Å². The van der Waals surface area contributed by atoms with E-state index in [0.29, 0.717) is 19.5 Å². The summed E-state index contributed by atoms with van der Waals surface area (Å²) in [5.41, 5.74) is -0.522. The van der Waals surface area contributed by atoms with Crippen molar-refractivity contribution in [2.75, 3.05) is 13.1 Å². The summed E-state index contributed by atoms with van der Waals surface area (Å²) in [7, 11) is 0. The summed E-state index contributed by atoms with van der Waals surface area (Å²) < 4.78 is 0. The van der Waals surface area contributed by atoms with Gasteiger partial charge in [-0.05, 0) is 25.2 Å². The number of amides is 2. The highest BCUT2D eigenvalue weighted by atomic mass is 16.4. The first-order chi connectivity index (χ1) is 12.6. The number of aliphatic carboxylic acids is 1. The zero-order valence-corrected chi connectivity index (χ0v) is 18.3. The van der Waals surface area contributed by atoms with Crippen LogP contribution in [0.25, 0.3) is 0 Å². The van der Waals surface area contributed by atoms with E-state index in [-0.39, 0.29) is 47.5 Å². The molecule has 0 radical (unpaired) electrons. The van der Waals surface area contributed by atoms with Gasteiger partial charge >= 0.3 is 5.97 Å². The van der Waals surface area contributed by atoms with E-state index < -0.39 is 17.3 Å². The van der Waals surface area contributed by atoms with Crippen molar-refractivity contribution in [3.63, 3.8) is 0 Å². The molecule has 0 bridgehead atoms. The fraction of sp³-hybridized carbons (Fsp3) is 0.714. The lowest BCUT2D eigenvalue weighted by Crippen LogP contribution is -2.35. The van der Waals surface area contributed by atoms with E-state index in [0.717, 1.165) is 0 Å². The highest BCUT2D eigenvalue weighted by molar-refractivity contribution is 6.02. The molecule has 160 valence electrons. The van der Waals surface area contributed by atoms with Crippen LogP contribution in [-0.4, -0.2) is 41.8 Å². The lowest BCUT2D eigenvalue weighted by Gasteiger charge is -2.20. The second kappa shape index (κ2) is 11.0. The van der Waals surface area contributed by atoms with Crippen LogP contribution in [0.5, 0.6) is 0 Å². The fourth-order valence-corrected chi connectivity index (χ4v) is 2.19. The van der Waals surface area contributed by atoms with Gasteiger partial charge in [0, 0.05) is 42.5 Å². The molecule has 0 aromatic carbocycles. The normalized spacial score (nSPS) is 12.8. The van der Waals surface area contributed by atoms with Gasteiger partial charge in [-0.3, -0.25) is 14.4 Å². The van der Waals surface area contributed by atoms with Crippen LogP contribution in [0, 0.1) is 10.8 Å². The van der Waals surface area contributed by atoms with Gasteiger partial charge in [-0.1, -0.05) is 41.5 Å². The second-order valence-corrected chi connectivity index (χ2v) is 9.30. The number of carbonyl (C=O) groups is 4. The summed E-state index contributed by atoms with van der Waals surface area (Å²) in [5, 5.41) is 14.7. The molecule has 0 rings (SSSR count). The number of nitrogens with one attached hydrogen (secondary N) is 2. The number of ketones is 1. The lowest BCUT2D eigenvalue weighted by molar-refractivity contribution is -0.133. The Hall–Kier alpha value is -2.18. The molecule has 3 N–H and O–H groups in total. The van der Waals surface area contributed by atoms with E-state index in [2.05, 4.69) is 10.6 Å². The molecule has 0 unspecified atom stereocenters. The number of carboxylic acid groups (broad SMARTS) is 1.